The highest BCUT2D eigenvalue weighted by atomic mass is 79.9. The van der Waals surface area contributed by atoms with Gasteiger partial charge in [0.1, 0.15) is 11.3 Å². The van der Waals surface area contributed by atoms with E-state index in [2.05, 4.69) is 15.9 Å². The van der Waals surface area contributed by atoms with Crippen LogP contribution in [0.1, 0.15) is 23.0 Å². The number of hydrogen-bond donors (Lipinski definition) is 1. The van der Waals surface area contributed by atoms with Crippen LogP contribution in [0.25, 0.3) is 11.0 Å². The number of fused-ring (bicyclic) bond motifs is 1. The highest BCUT2D eigenvalue weighted by Crippen LogP contribution is 2.33. The lowest BCUT2D eigenvalue weighted by Gasteiger charge is -2.12. The number of halogens is 1. The molecule has 1 aromatic heterocycles. The Morgan fingerprint density at radius 2 is 1.80 bits per heavy atom. The summed E-state index contributed by atoms with van der Waals surface area (Å²) in [5.41, 5.74) is 2.80. The fourth-order valence-electron chi connectivity index (χ4n) is 2.58. The SMILES string of the molecule is Cc1oc2ccccc2c1C(O)Cc1ccccc1Br. The van der Waals surface area contributed by atoms with Gasteiger partial charge in [-0.15, -0.1) is 0 Å². The van der Waals surface area contributed by atoms with Crippen LogP contribution < -0.4 is 0 Å². The van der Waals surface area contributed by atoms with Crippen molar-refractivity contribution in [1.82, 2.24) is 0 Å². The normalized spacial score (nSPS) is 12.8. The van der Waals surface area contributed by atoms with Gasteiger partial charge in [-0.1, -0.05) is 52.3 Å². The number of benzene rings is 2. The molecular weight excluding hydrogens is 316 g/mol. The first kappa shape index (κ1) is 13.4. The summed E-state index contributed by atoms with van der Waals surface area (Å²) in [6.45, 7) is 1.90. The summed E-state index contributed by atoms with van der Waals surface area (Å²) < 4.78 is 6.73. The van der Waals surface area contributed by atoms with E-state index in [0.29, 0.717) is 6.42 Å². The predicted octanol–water partition coefficient (Wildman–Crippen LogP) is 4.78. The third-order valence-corrected chi connectivity index (χ3v) is 4.30. The molecule has 3 aromatic rings. The van der Waals surface area contributed by atoms with E-state index in [4.69, 9.17) is 4.42 Å². The third-order valence-electron chi connectivity index (χ3n) is 3.52. The van der Waals surface area contributed by atoms with Gasteiger partial charge in [0.2, 0.25) is 0 Å². The van der Waals surface area contributed by atoms with Gasteiger partial charge >= 0.3 is 0 Å². The summed E-state index contributed by atoms with van der Waals surface area (Å²) in [7, 11) is 0. The number of aliphatic hydroxyl groups excluding tert-OH is 1. The van der Waals surface area contributed by atoms with E-state index >= 15 is 0 Å². The van der Waals surface area contributed by atoms with E-state index in [1.54, 1.807) is 0 Å². The molecule has 102 valence electrons. The van der Waals surface area contributed by atoms with E-state index in [0.717, 1.165) is 32.3 Å². The van der Waals surface area contributed by atoms with E-state index in [1.807, 2.05) is 55.5 Å². The van der Waals surface area contributed by atoms with Gasteiger partial charge in [0.05, 0.1) is 6.10 Å². The molecule has 0 radical (unpaired) electrons. The van der Waals surface area contributed by atoms with Crippen LogP contribution in [-0.2, 0) is 6.42 Å². The smallest absolute Gasteiger partial charge is 0.134 e. The lowest BCUT2D eigenvalue weighted by atomic mass is 9.99. The minimum atomic E-state index is -0.572. The number of rotatable bonds is 3. The van der Waals surface area contributed by atoms with Crippen molar-refractivity contribution in [2.75, 3.05) is 0 Å². The molecule has 3 rings (SSSR count). The van der Waals surface area contributed by atoms with Crippen LogP contribution in [0.15, 0.2) is 57.4 Å². The molecule has 20 heavy (non-hydrogen) atoms. The predicted molar refractivity (Wildman–Crippen MR) is 83.8 cm³/mol. The molecule has 0 bridgehead atoms. The Balaban J connectivity index is 1.99. The Bertz CT molecular complexity index is 746. The number of aliphatic hydroxyl groups is 1. The summed E-state index contributed by atoms with van der Waals surface area (Å²) in [6.07, 6.45) is -0.0106. The summed E-state index contributed by atoms with van der Waals surface area (Å²) in [5, 5.41) is 11.6. The van der Waals surface area contributed by atoms with Crippen LogP contribution in [-0.4, -0.2) is 5.11 Å². The first-order chi connectivity index (χ1) is 9.66. The summed E-state index contributed by atoms with van der Waals surface area (Å²) in [6, 6.07) is 15.8. The van der Waals surface area contributed by atoms with Gasteiger partial charge in [0.15, 0.2) is 0 Å². The molecular formula is C17H15BrO2. The fraction of sp³-hybridized carbons (Fsp3) is 0.176. The number of furan rings is 1. The Morgan fingerprint density at radius 1 is 1.10 bits per heavy atom. The minimum absolute atomic E-state index is 0.561. The van der Waals surface area contributed by atoms with Gasteiger partial charge in [0.25, 0.3) is 0 Å². The molecule has 2 aromatic carbocycles. The van der Waals surface area contributed by atoms with Crippen molar-refractivity contribution in [3.8, 4) is 0 Å². The molecule has 3 heteroatoms. The second-order valence-corrected chi connectivity index (χ2v) is 5.73. The fourth-order valence-corrected chi connectivity index (χ4v) is 3.02. The zero-order valence-corrected chi connectivity index (χ0v) is 12.7. The molecule has 1 unspecified atom stereocenters. The van der Waals surface area contributed by atoms with Crippen molar-refractivity contribution in [1.29, 1.82) is 0 Å². The minimum Gasteiger partial charge on any atom is -0.461 e. The zero-order valence-electron chi connectivity index (χ0n) is 11.1. The Morgan fingerprint density at radius 3 is 2.60 bits per heavy atom. The molecule has 0 spiro atoms. The van der Waals surface area contributed by atoms with Gasteiger partial charge in [-0.05, 0) is 24.6 Å². The first-order valence-corrected chi connectivity index (χ1v) is 7.35. The van der Waals surface area contributed by atoms with Crippen LogP contribution in [0, 0.1) is 6.92 Å². The average Bonchev–Trinajstić information content (AvgIpc) is 2.77. The zero-order chi connectivity index (χ0) is 14.1. The summed E-state index contributed by atoms with van der Waals surface area (Å²) >= 11 is 3.52. The first-order valence-electron chi connectivity index (χ1n) is 6.56. The standard InChI is InChI=1S/C17H15BrO2/c1-11-17(13-7-3-5-9-16(13)20-11)15(19)10-12-6-2-4-8-14(12)18/h2-9,15,19H,10H2,1H3. The molecule has 1 atom stereocenters. The Labute approximate surface area is 126 Å². The average molecular weight is 331 g/mol. The van der Waals surface area contributed by atoms with Crippen molar-refractivity contribution in [2.24, 2.45) is 0 Å². The summed E-state index contributed by atoms with van der Waals surface area (Å²) in [5.74, 6) is 0.783. The molecule has 0 saturated carbocycles. The van der Waals surface area contributed by atoms with Crippen molar-refractivity contribution in [2.45, 2.75) is 19.4 Å². The second-order valence-electron chi connectivity index (χ2n) is 4.88. The highest BCUT2D eigenvalue weighted by molar-refractivity contribution is 9.10. The quantitative estimate of drug-likeness (QED) is 0.749. The largest absolute Gasteiger partial charge is 0.461 e. The van der Waals surface area contributed by atoms with Crippen molar-refractivity contribution < 1.29 is 9.52 Å². The maximum atomic E-state index is 10.6. The molecule has 2 nitrogen and oxygen atoms in total. The monoisotopic (exact) mass is 330 g/mol. The van der Waals surface area contributed by atoms with Gasteiger partial charge < -0.3 is 9.52 Å². The molecule has 0 amide bonds. The van der Waals surface area contributed by atoms with Crippen LogP contribution in [0.3, 0.4) is 0 Å². The van der Waals surface area contributed by atoms with E-state index in [-0.39, 0.29) is 0 Å². The maximum absolute atomic E-state index is 10.6. The van der Waals surface area contributed by atoms with E-state index in [1.165, 1.54) is 0 Å². The number of aryl methyl sites for hydroxylation is 1. The topological polar surface area (TPSA) is 33.4 Å². The Kier molecular flexibility index (Phi) is 3.64. The van der Waals surface area contributed by atoms with Crippen molar-refractivity contribution >= 4 is 26.9 Å². The molecule has 0 saturated heterocycles. The van der Waals surface area contributed by atoms with Crippen LogP contribution in [0.2, 0.25) is 0 Å². The molecule has 0 aliphatic carbocycles. The highest BCUT2D eigenvalue weighted by Gasteiger charge is 2.19. The summed E-state index contributed by atoms with van der Waals surface area (Å²) in [4.78, 5) is 0. The van der Waals surface area contributed by atoms with Gasteiger partial charge in [-0.2, -0.15) is 0 Å². The van der Waals surface area contributed by atoms with Crippen molar-refractivity contribution in [3.63, 3.8) is 0 Å². The number of para-hydroxylation sites is 1. The maximum Gasteiger partial charge on any atom is 0.134 e. The molecule has 0 aliphatic rings. The molecule has 1 N–H and O–H groups in total. The molecule has 1 heterocycles. The molecule has 0 fully saturated rings. The lowest BCUT2D eigenvalue weighted by Crippen LogP contribution is -2.03. The van der Waals surface area contributed by atoms with Crippen molar-refractivity contribution in [3.05, 3.63) is 69.9 Å². The van der Waals surface area contributed by atoms with Gasteiger partial charge in [-0.25, -0.2) is 0 Å². The Hall–Kier alpha value is -1.58. The van der Waals surface area contributed by atoms with E-state index < -0.39 is 6.10 Å². The number of hydrogen-bond acceptors (Lipinski definition) is 2. The van der Waals surface area contributed by atoms with Gasteiger partial charge in [-0.3, -0.25) is 0 Å². The molecule has 0 aliphatic heterocycles. The van der Waals surface area contributed by atoms with Gasteiger partial charge in [0, 0.05) is 21.8 Å². The van der Waals surface area contributed by atoms with Crippen LogP contribution in [0.5, 0.6) is 0 Å². The van der Waals surface area contributed by atoms with Crippen LogP contribution in [0.4, 0.5) is 0 Å². The second kappa shape index (κ2) is 5.43. The third kappa shape index (κ3) is 2.39. The lowest BCUT2D eigenvalue weighted by molar-refractivity contribution is 0.177. The van der Waals surface area contributed by atoms with E-state index in [9.17, 15) is 5.11 Å². The van der Waals surface area contributed by atoms with Crippen LogP contribution >= 0.6 is 15.9 Å².